The van der Waals surface area contributed by atoms with E-state index in [-0.39, 0.29) is 24.3 Å². The van der Waals surface area contributed by atoms with Crippen LogP contribution in [-0.4, -0.2) is 106 Å². The van der Waals surface area contributed by atoms with E-state index >= 15 is 0 Å². The number of imide groups is 1. The molecule has 0 bridgehead atoms. The molecule has 5 heterocycles. The summed E-state index contributed by atoms with van der Waals surface area (Å²) in [6.07, 6.45) is 3.90. The van der Waals surface area contributed by atoms with Crippen molar-refractivity contribution < 1.29 is 33.3 Å². The van der Waals surface area contributed by atoms with Crippen LogP contribution in [0.1, 0.15) is 47.6 Å². The highest BCUT2D eigenvalue weighted by Crippen LogP contribution is 2.35. The monoisotopic (exact) mass is 760 g/mol. The van der Waals surface area contributed by atoms with Crippen LogP contribution in [-0.2, 0) is 25.6 Å². The van der Waals surface area contributed by atoms with Gasteiger partial charge in [-0.3, -0.25) is 19.7 Å². The number of rotatable bonds is 15. The standard InChI is InChI=1S/C41H44N8O7/c42-38-36-37(27-6-8-31(9-7-27)56-30-4-2-1-3-5-30)46-49(39(36)44-26-43-38)29-14-16-47(17-15-29)18-19-53-20-21-54-22-23-55-32-10-11-33-28(24-32)25-48(41(33)52)34-12-13-35(50)45-40(34)51/h1-11,24,26,29,34H,12-23,25H2,(H2,42,43,44)(H,45,50,51). The summed E-state index contributed by atoms with van der Waals surface area (Å²) in [7, 11) is 0. The number of amides is 3. The van der Waals surface area contributed by atoms with Gasteiger partial charge in [-0.25, -0.2) is 14.6 Å². The third-order valence-electron chi connectivity index (χ3n) is 10.4. The number of benzene rings is 3. The summed E-state index contributed by atoms with van der Waals surface area (Å²) in [6.45, 7) is 5.24. The number of nitrogens with two attached hydrogens (primary N) is 1. The van der Waals surface area contributed by atoms with Gasteiger partial charge in [0.2, 0.25) is 11.8 Å². The van der Waals surface area contributed by atoms with E-state index in [0.717, 1.165) is 71.8 Å². The van der Waals surface area contributed by atoms with Crippen molar-refractivity contribution in [1.82, 2.24) is 34.9 Å². The number of anilines is 1. The third kappa shape index (κ3) is 8.20. The lowest BCUT2D eigenvalue weighted by Crippen LogP contribution is -2.52. The first kappa shape index (κ1) is 37.0. The van der Waals surface area contributed by atoms with Crippen LogP contribution < -0.4 is 20.5 Å². The number of hydrogen-bond donors (Lipinski definition) is 2. The van der Waals surface area contributed by atoms with Crippen molar-refractivity contribution in [1.29, 1.82) is 0 Å². The Hall–Kier alpha value is -5.90. The first-order valence-corrected chi connectivity index (χ1v) is 19.0. The van der Waals surface area contributed by atoms with Crippen molar-refractivity contribution in [2.45, 2.75) is 44.3 Å². The molecule has 3 aliphatic heterocycles. The second kappa shape index (κ2) is 16.9. The Kier molecular flexibility index (Phi) is 11.1. The predicted octanol–water partition coefficient (Wildman–Crippen LogP) is 4.38. The van der Waals surface area contributed by atoms with E-state index in [1.807, 2.05) is 65.3 Å². The Bertz CT molecular complexity index is 2190. The Balaban J connectivity index is 0.739. The van der Waals surface area contributed by atoms with Crippen LogP contribution in [0.25, 0.3) is 22.3 Å². The number of likely N-dealkylation sites (tertiary alicyclic amines) is 1. The van der Waals surface area contributed by atoms with E-state index in [9.17, 15) is 14.4 Å². The molecule has 0 radical (unpaired) electrons. The number of piperidine rings is 2. The maximum absolute atomic E-state index is 12.9. The molecule has 290 valence electrons. The molecule has 1 unspecified atom stereocenters. The largest absolute Gasteiger partial charge is 0.491 e. The maximum Gasteiger partial charge on any atom is 0.255 e. The Labute approximate surface area is 323 Å². The zero-order chi connectivity index (χ0) is 38.4. The fraction of sp³-hybridized carbons (Fsp3) is 0.366. The third-order valence-corrected chi connectivity index (χ3v) is 10.4. The Morgan fingerprint density at radius 2 is 1.54 bits per heavy atom. The molecule has 3 aromatic carbocycles. The van der Waals surface area contributed by atoms with Crippen LogP contribution in [0.5, 0.6) is 17.2 Å². The van der Waals surface area contributed by atoms with Crippen LogP contribution in [0.4, 0.5) is 5.82 Å². The normalized spacial score (nSPS) is 17.7. The van der Waals surface area contributed by atoms with E-state index in [2.05, 4.69) is 20.2 Å². The van der Waals surface area contributed by atoms with Gasteiger partial charge in [0.05, 0.1) is 37.9 Å². The Morgan fingerprint density at radius 3 is 2.32 bits per heavy atom. The van der Waals surface area contributed by atoms with Crippen LogP contribution in [0.3, 0.4) is 0 Å². The molecular formula is C41H44N8O7. The number of carbonyl (C=O) groups is 3. The molecule has 0 saturated carbocycles. The molecule has 0 spiro atoms. The summed E-state index contributed by atoms with van der Waals surface area (Å²) in [5.41, 5.74) is 10.2. The number of para-hydroxylation sites is 1. The lowest BCUT2D eigenvalue weighted by atomic mass is 10.0. The summed E-state index contributed by atoms with van der Waals surface area (Å²) in [4.78, 5) is 49.5. The zero-order valence-corrected chi connectivity index (χ0v) is 31.0. The van der Waals surface area contributed by atoms with Crippen molar-refractivity contribution in [2.75, 3.05) is 58.4 Å². The summed E-state index contributed by atoms with van der Waals surface area (Å²) in [5.74, 6) is 1.61. The number of ether oxygens (including phenoxy) is 4. The summed E-state index contributed by atoms with van der Waals surface area (Å²) >= 11 is 0. The highest BCUT2D eigenvalue weighted by atomic mass is 16.5. The predicted molar refractivity (Wildman–Crippen MR) is 206 cm³/mol. The first-order chi connectivity index (χ1) is 27.4. The quantitative estimate of drug-likeness (QED) is 0.114. The topological polar surface area (TPSA) is 176 Å². The summed E-state index contributed by atoms with van der Waals surface area (Å²) in [5, 5.41) is 8.13. The fourth-order valence-electron chi connectivity index (χ4n) is 7.52. The molecule has 3 aliphatic rings. The number of fused-ring (bicyclic) bond motifs is 2. The van der Waals surface area contributed by atoms with Gasteiger partial charge in [-0.15, -0.1) is 0 Å². The van der Waals surface area contributed by atoms with E-state index in [1.165, 1.54) is 11.2 Å². The van der Waals surface area contributed by atoms with Gasteiger partial charge in [-0.2, -0.15) is 5.10 Å². The molecule has 3 N–H and O–H groups in total. The minimum Gasteiger partial charge on any atom is -0.491 e. The van der Waals surface area contributed by atoms with Crippen LogP contribution in [0.15, 0.2) is 79.1 Å². The van der Waals surface area contributed by atoms with Crippen LogP contribution in [0.2, 0.25) is 0 Å². The highest BCUT2D eigenvalue weighted by Gasteiger charge is 2.39. The van der Waals surface area contributed by atoms with Crippen molar-refractivity contribution >= 4 is 34.6 Å². The number of nitrogens with one attached hydrogen (secondary N) is 1. The van der Waals surface area contributed by atoms with Gasteiger partial charge in [0.1, 0.15) is 47.7 Å². The highest BCUT2D eigenvalue weighted by molar-refractivity contribution is 6.05. The molecule has 2 aromatic heterocycles. The van der Waals surface area contributed by atoms with Gasteiger partial charge >= 0.3 is 0 Å². The summed E-state index contributed by atoms with van der Waals surface area (Å²) in [6, 6.07) is 22.3. The second-order valence-electron chi connectivity index (χ2n) is 14.1. The van der Waals surface area contributed by atoms with E-state index < -0.39 is 11.9 Å². The molecular weight excluding hydrogens is 716 g/mol. The van der Waals surface area contributed by atoms with Crippen LogP contribution >= 0.6 is 0 Å². The number of aromatic nitrogens is 4. The van der Waals surface area contributed by atoms with Crippen molar-refractivity contribution in [3.8, 4) is 28.5 Å². The molecule has 15 heteroatoms. The smallest absolute Gasteiger partial charge is 0.255 e. The number of nitrogens with zero attached hydrogens (tertiary/aromatic N) is 6. The van der Waals surface area contributed by atoms with Gasteiger partial charge in [0.15, 0.2) is 5.65 Å². The molecule has 3 amide bonds. The number of hydrogen-bond acceptors (Lipinski definition) is 12. The molecule has 2 fully saturated rings. The number of carbonyl (C=O) groups excluding carboxylic acids is 3. The van der Waals surface area contributed by atoms with Gasteiger partial charge in [0, 0.05) is 43.7 Å². The molecule has 56 heavy (non-hydrogen) atoms. The summed E-state index contributed by atoms with van der Waals surface area (Å²) < 4.78 is 25.4. The fourth-order valence-corrected chi connectivity index (χ4v) is 7.52. The molecule has 8 rings (SSSR count). The minimum atomic E-state index is -0.642. The average molecular weight is 761 g/mol. The van der Waals surface area contributed by atoms with Crippen molar-refractivity contribution in [3.63, 3.8) is 0 Å². The molecule has 15 nitrogen and oxygen atoms in total. The van der Waals surface area contributed by atoms with E-state index in [4.69, 9.17) is 29.8 Å². The van der Waals surface area contributed by atoms with E-state index in [1.54, 1.807) is 12.1 Å². The van der Waals surface area contributed by atoms with Gasteiger partial charge in [-0.1, -0.05) is 18.2 Å². The Morgan fingerprint density at radius 1 is 0.804 bits per heavy atom. The number of nitrogen functional groups attached to an aromatic ring is 1. The van der Waals surface area contributed by atoms with Gasteiger partial charge < -0.3 is 34.5 Å². The lowest BCUT2D eigenvalue weighted by molar-refractivity contribution is -0.136. The molecule has 0 aliphatic carbocycles. The molecule has 2 saturated heterocycles. The SMILES string of the molecule is Nc1ncnc2c1c(-c1ccc(Oc3ccccc3)cc1)nn2C1CCN(CCOCCOCCOc2ccc3c(c2)CN(C2CCC(=O)NC2=O)C3=O)CC1. The first-order valence-electron chi connectivity index (χ1n) is 19.0. The van der Waals surface area contributed by atoms with Gasteiger partial charge in [0.25, 0.3) is 5.91 Å². The van der Waals surface area contributed by atoms with Crippen molar-refractivity contribution in [3.05, 3.63) is 90.3 Å². The molecule has 5 aromatic rings. The average Bonchev–Trinajstić information content (AvgIpc) is 3.76. The second-order valence-corrected chi connectivity index (χ2v) is 14.1. The molecule has 1 atom stereocenters. The maximum atomic E-state index is 12.9. The minimum absolute atomic E-state index is 0.181. The van der Waals surface area contributed by atoms with Crippen molar-refractivity contribution in [2.24, 2.45) is 0 Å². The van der Waals surface area contributed by atoms with Gasteiger partial charge in [-0.05, 0) is 79.4 Å². The van der Waals surface area contributed by atoms with E-state index in [0.29, 0.717) is 63.1 Å². The van der Waals surface area contributed by atoms with Crippen LogP contribution in [0, 0.1) is 0 Å². The lowest BCUT2D eigenvalue weighted by Gasteiger charge is -2.32. The zero-order valence-electron chi connectivity index (χ0n) is 31.0.